The Morgan fingerprint density at radius 2 is 1.83 bits per heavy atom. The van der Waals surface area contributed by atoms with Crippen LogP contribution < -0.4 is 4.90 Å². The largest absolute Gasteiger partial charge is 0.462 e. The Bertz CT molecular complexity index is 1210. The van der Waals surface area contributed by atoms with Crippen molar-refractivity contribution < 1.29 is 9.53 Å². The van der Waals surface area contributed by atoms with Crippen LogP contribution in [-0.4, -0.2) is 77.1 Å². The van der Waals surface area contributed by atoms with Gasteiger partial charge in [-0.2, -0.15) is 0 Å². The number of thiazole rings is 1. The molecule has 7 nitrogen and oxygen atoms in total. The first kappa shape index (κ1) is 24.2. The minimum Gasteiger partial charge on any atom is -0.462 e. The summed E-state index contributed by atoms with van der Waals surface area (Å²) in [6.07, 6.45) is 5.60. The van der Waals surface area contributed by atoms with Crippen molar-refractivity contribution in [3.63, 3.8) is 0 Å². The molecule has 3 aliphatic heterocycles. The molecule has 1 unspecified atom stereocenters. The average Bonchev–Trinajstić information content (AvgIpc) is 3.55. The maximum Gasteiger partial charge on any atom is 0.312 e. The number of anilines is 1. The van der Waals surface area contributed by atoms with Gasteiger partial charge in [-0.25, -0.2) is 4.98 Å². The number of benzene rings is 1. The number of piperidine rings is 1. The van der Waals surface area contributed by atoms with Crippen molar-refractivity contribution in [1.82, 2.24) is 19.2 Å². The smallest absolute Gasteiger partial charge is 0.312 e. The molecular weight excluding hydrogens is 494 g/mol. The van der Waals surface area contributed by atoms with Crippen LogP contribution >= 0.6 is 22.9 Å². The van der Waals surface area contributed by atoms with Gasteiger partial charge in [-0.3, -0.25) is 19.0 Å². The minimum atomic E-state index is -0.301. The minimum absolute atomic E-state index is 0.0268. The maximum atomic E-state index is 13.0. The number of cyclic esters (lactones) is 1. The summed E-state index contributed by atoms with van der Waals surface area (Å²) in [5.41, 5.74) is 3.35. The van der Waals surface area contributed by atoms with E-state index in [4.69, 9.17) is 16.3 Å². The second-order valence-corrected chi connectivity index (χ2v) is 11.9. The van der Waals surface area contributed by atoms with Crippen molar-refractivity contribution in [1.29, 1.82) is 0 Å². The summed E-state index contributed by atoms with van der Waals surface area (Å²) in [6.45, 7) is 9.88. The fourth-order valence-corrected chi connectivity index (χ4v) is 7.03. The lowest BCUT2D eigenvalue weighted by molar-refractivity contribution is -0.151. The highest BCUT2D eigenvalue weighted by Gasteiger charge is 2.50. The van der Waals surface area contributed by atoms with Crippen LogP contribution in [0.25, 0.3) is 4.96 Å². The highest BCUT2D eigenvalue weighted by molar-refractivity contribution is 7.15. The number of halogens is 1. The molecule has 1 atom stereocenters. The first-order valence-electron chi connectivity index (χ1n) is 13.1. The van der Waals surface area contributed by atoms with E-state index in [0.29, 0.717) is 5.15 Å². The number of aromatic nitrogens is 2. The van der Waals surface area contributed by atoms with Crippen LogP contribution in [0.15, 0.2) is 35.8 Å². The number of likely N-dealkylation sites (tertiary alicyclic amines) is 1. The van der Waals surface area contributed by atoms with E-state index in [2.05, 4.69) is 55.3 Å². The van der Waals surface area contributed by atoms with E-state index in [1.165, 1.54) is 11.3 Å². The number of imidazole rings is 1. The van der Waals surface area contributed by atoms with Crippen molar-refractivity contribution in [3.8, 4) is 0 Å². The summed E-state index contributed by atoms with van der Waals surface area (Å²) in [6, 6.07) is 8.82. The van der Waals surface area contributed by atoms with Gasteiger partial charge in [0.05, 0.1) is 11.1 Å². The molecule has 0 bridgehead atoms. The summed E-state index contributed by atoms with van der Waals surface area (Å²) in [7, 11) is 0. The zero-order valence-electron chi connectivity index (χ0n) is 20.9. The average molecular weight is 528 g/mol. The second-order valence-electron chi connectivity index (χ2n) is 10.6. The maximum absolute atomic E-state index is 13.0. The van der Waals surface area contributed by atoms with Gasteiger partial charge in [-0.05, 0) is 51.4 Å². The zero-order chi connectivity index (χ0) is 24.7. The molecule has 0 aliphatic carbocycles. The third kappa shape index (κ3) is 4.76. The summed E-state index contributed by atoms with van der Waals surface area (Å²) >= 11 is 8.00. The van der Waals surface area contributed by atoms with E-state index in [1.54, 1.807) is 11.3 Å². The van der Waals surface area contributed by atoms with Gasteiger partial charge >= 0.3 is 5.97 Å². The number of carbonyl (C=O) groups is 1. The van der Waals surface area contributed by atoms with Gasteiger partial charge in [0.25, 0.3) is 0 Å². The fourth-order valence-electron chi connectivity index (χ4n) is 6.02. The first-order chi connectivity index (χ1) is 17.5. The summed E-state index contributed by atoms with van der Waals surface area (Å²) in [5.74, 6) is 0.0268. The van der Waals surface area contributed by atoms with Gasteiger partial charge in [-0.1, -0.05) is 29.3 Å². The Labute approximate surface area is 221 Å². The lowest BCUT2D eigenvalue weighted by atomic mass is 9.75. The van der Waals surface area contributed by atoms with Gasteiger partial charge in [-0.15, -0.1) is 11.3 Å². The predicted octanol–water partition coefficient (Wildman–Crippen LogP) is 4.47. The monoisotopic (exact) mass is 527 g/mol. The van der Waals surface area contributed by atoms with Gasteiger partial charge in [0.1, 0.15) is 6.10 Å². The fraction of sp³-hybridized carbons (Fsp3) is 0.556. The van der Waals surface area contributed by atoms with Gasteiger partial charge < -0.3 is 9.64 Å². The van der Waals surface area contributed by atoms with Crippen LogP contribution in [0.2, 0.25) is 5.15 Å². The topological polar surface area (TPSA) is 53.3 Å². The van der Waals surface area contributed by atoms with Crippen LogP contribution in [0.5, 0.6) is 0 Å². The zero-order valence-corrected chi connectivity index (χ0v) is 22.4. The van der Waals surface area contributed by atoms with Gasteiger partial charge in [0, 0.05) is 63.0 Å². The van der Waals surface area contributed by atoms with Crippen molar-refractivity contribution >= 4 is 39.6 Å². The number of piperazine rings is 1. The molecule has 3 aliphatic rings. The quantitative estimate of drug-likeness (QED) is 0.441. The van der Waals surface area contributed by atoms with Crippen LogP contribution in [0, 0.1) is 12.3 Å². The number of hydrogen-bond donors (Lipinski definition) is 0. The molecule has 0 amide bonds. The molecule has 0 saturated carbocycles. The normalized spacial score (nSPS) is 23.1. The van der Waals surface area contributed by atoms with Crippen LogP contribution in [0.3, 0.4) is 0 Å². The van der Waals surface area contributed by atoms with Crippen molar-refractivity contribution in [2.24, 2.45) is 5.41 Å². The number of rotatable bonds is 6. The summed E-state index contributed by atoms with van der Waals surface area (Å²) < 4.78 is 8.01. The van der Waals surface area contributed by atoms with E-state index in [-0.39, 0.29) is 17.5 Å². The first-order valence-corrected chi connectivity index (χ1v) is 14.3. The molecule has 36 heavy (non-hydrogen) atoms. The Hall–Kier alpha value is -2.13. The van der Waals surface area contributed by atoms with E-state index in [0.717, 1.165) is 88.7 Å². The lowest BCUT2D eigenvalue weighted by Crippen LogP contribution is -2.47. The third-order valence-corrected chi connectivity index (χ3v) is 9.42. The Morgan fingerprint density at radius 1 is 1.08 bits per heavy atom. The molecule has 0 N–H and O–H groups in total. The van der Waals surface area contributed by atoms with Crippen LogP contribution in [0.4, 0.5) is 5.69 Å². The molecule has 9 heteroatoms. The van der Waals surface area contributed by atoms with E-state index in [9.17, 15) is 4.79 Å². The molecule has 1 spiro atoms. The van der Waals surface area contributed by atoms with E-state index >= 15 is 0 Å². The number of aryl methyl sites for hydroxylation is 1. The molecule has 5 heterocycles. The van der Waals surface area contributed by atoms with Crippen molar-refractivity contribution in [2.75, 3.05) is 50.7 Å². The van der Waals surface area contributed by atoms with Gasteiger partial charge in [0.15, 0.2) is 10.1 Å². The van der Waals surface area contributed by atoms with E-state index in [1.807, 2.05) is 11.6 Å². The number of carbonyl (C=O) groups excluding carboxylic acids is 1. The Kier molecular flexibility index (Phi) is 6.71. The molecule has 2 aromatic heterocycles. The molecule has 192 valence electrons. The SMILES string of the molecule is Cc1ccc(N2CCN(CCC3CC4(CCN(Cc5c(Cl)nc6sccn56)CC4)C(=O)O3)CC2)cc1. The number of fused-ring (bicyclic) bond motifs is 1. The third-order valence-electron chi connectivity index (χ3n) is 8.36. The summed E-state index contributed by atoms with van der Waals surface area (Å²) in [5, 5.41) is 2.62. The molecule has 3 fully saturated rings. The van der Waals surface area contributed by atoms with E-state index < -0.39 is 0 Å². The highest BCUT2D eigenvalue weighted by Crippen LogP contribution is 2.44. The predicted molar refractivity (Wildman–Crippen MR) is 144 cm³/mol. The second kappa shape index (κ2) is 9.97. The molecule has 6 rings (SSSR count). The van der Waals surface area contributed by atoms with Gasteiger partial charge in [0.2, 0.25) is 0 Å². The molecule has 0 radical (unpaired) electrons. The van der Waals surface area contributed by atoms with Crippen LogP contribution in [0.1, 0.15) is 36.9 Å². The van der Waals surface area contributed by atoms with Crippen LogP contribution in [-0.2, 0) is 16.1 Å². The molecule has 3 aromatic rings. The number of nitrogens with zero attached hydrogens (tertiary/aromatic N) is 5. The molecular formula is C27H34ClN5O2S. The number of hydrogen-bond acceptors (Lipinski definition) is 7. The number of ether oxygens (including phenoxy) is 1. The molecule has 3 saturated heterocycles. The highest BCUT2D eigenvalue weighted by atomic mass is 35.5. The lowest BCUT2D eigenvalue weighted by Gasteiger charge is -2.37. The van der Waals surface area contributed by atoms with Crippen molar-refractivity contribution in [3.05, 3.63) is 52.3 Å². The van der Waals surface area contributed by atoms with Crippen molar-refractivity contribution in [2.45, 2.75) is 45.3 Å². The Balaban J connectivity index is 0.971. The number of esters is 1. The molecule has 1 aromatic carbocycles. The Morgan fingerprint density at radius 3 is 2.58 bits per heavy atom. The summed E-state index contributed by atoms with van der Waals surface area (Å²) in [4.78, 5) is 25.7. The standard InChI is InChI=1S/C27H34ClN5O2S/c1-20-2-4-21(5-3-20)32-14-12-30(13-15-32)9-6-22-18-27(25(34)35-22)7-10-31(11-8-27)19-23-24(28)29-26-33(23)16-17-36-26/h2-5,16-17,22H,6-15,18-19H2,1H3.